The van der Waals surface area contributed by atoms with Gasteiger partial charge in [0.05, 0.1) is 16.1 Å². The largest absolute Gasteiger partial charge is 0.392 e. The number of thiocarbonyl (C=S) groups is 1. The molecule has 1 aromatic carbocycles. The predicted molar refractivity (Wildman–Crippen MR) is 72.6 cm³/mol. The number of benzene rings is 1. The summed E-state index contributed by atoms with van der Waals surface area (Å²) in [5.41, 5.74) is 5.40. The zero-order valence-electron chi connectivity index (χ0n) is 9.72. The molecular weight excluding hydrogens is 299 g/mol. The van der Waals surface area contributed by atoms with Gasteiger partial charge >= 0.3 is 0 Å². The Morgan fingerprint density at radius 1 is 1.56 bits per heavy atom. The minimum atomic E-state index is -3.94. The smallest absolute Gasteiger partial charge is 0.245 e. The maximum atomic E-state index is 13.1. The Bertz CT molecular complexity index is 577. The first kappa shape index (κ1) is 15.3. The topological polar surface area (TPSA) is 63.4 Å². The summed E-state index contributed by atoms with van der Waals surface area (Å²) in [6.45, 7) is 1.53. The molecule has 1 unspecified atom stereocenters. The fourth-order valence-corrected chi connectivity index (χ4v) is 3.27. The number of rotatable bonds is 4. The van der Waals surface area contributed by atoms with Gasteiger partial charge in [-0.1, -0.05) is 23.8 Å². The average molecular weight is 311 g/mol. The van der Waals surface area contributed by atoms with Crippen molar-refractivity contribution < 1.29 is 12.8 Å². The minimum Gasteiger partial charge on any atom is -0.392 e. The predicted octanol–water partition coefficient (Wildman–Crippen LogP) is 1.77. The number of hydrogen-bond donors (Lipinski definition) is 1. The highest BCUT2D eigenvalue weighted by atomic mass is 35.5. The fourth-order valence-electron chi connectivity index (χ4n) is 1.22. The van der Waals surface area contributed by atoms with Crippen LogP contribution in [0, 0.1) is 5.82 Å². The van der Waals surface area contributed by atoms with Gasteiger partial charge in [-0.15, -0.1) is 0 Å². The molecule has 0 heterocycles. The Kier molecular flexibility index (Phi) is 4.66. The van der Waals surface area contributed by atoms with Gasteiger partial charge in [0.1, 0.15) is 10.7 Å². The number of nitrogens with zero attached hydrogens (tertiary/aromatic N) is 1. The lowest BCUT2D eigenvalue weighted by molar-refractivity contribution is 0.451. The van der Waals surface area contributed by atoms with Gasteiger partial charge < -0.3 is 5.73 Å². The van der Waals surface area contributed by atoms with E-state index in [-0.39, 0.29) is 14.9 Å². The highest BCUT2D eigenvalue weighted by molar-refractivity contribution is 7.89. The molecule has 1 rings (SSSR count). The number of hydrogen-bond acceptors (Lipinski definition) is 3. The molecule has 0 radical (unpaired) electrons. The number of nitrogens with two attached hydrogens (primary N) is 1. The van der Waals surface area contributed by atoms with Crippen LogP contribution in [0.3, 0.4) is 0 Å². The third-order valence-corrected chi connectivity index (χ3v) is 5.26. The maximum Gasteiger partial charge on any atom is 0.245 e. The van der Waals surface area contributed by atoms with Crippen LogP contribution in [0.2, 0.25) is 5.02 Å². The van der Waals surface area contributed by atoms with Crippen molar-refractivity contribution in [3.05, 3.63) is 29.0 Å². The van der Waals surface area contributed by atoms with Crippen molar-refractivity contribution in [2.75, 3.05) is 7.05 Å². The number of halogens is 2. The lowest BCUT2D eigenvalue weighted by Crippen LogP contribution is -2.42. The Morgan fingerprint density at radius 3 is 2.61 bits per heavy atom. The summed E-state index contributed by atoms with van der Waals surface area (Å²) in [5, 5.41) is -0.0570. The molecule has 0 saturated heterocycles. The monoisotopic (exact) mass is 310 g/mol. The van der Waals surface area contributed by atoms with E-state index in [1.807, 2.05) is 0 Å². The molecule has 1 atom stereocenters. The number of likely N-dealkylation sites (N-methyl/N-ethyl adjacent to an activating group) is 1. The van der Waals surface area contributed by atoms with Gasteiger partial charge in [0.2, 0.25) is 10.0 Å². The molecule has 1 aromatic rings. The van der Waals surface area contributed by atoms with Crippen LogP contribution in [0.5, 0.6) is 0 Å². The second-order valence-corrected chi connectivity index (χ2v) is 6.52. The standard InChI is InChI=1S/C10H12ClFN2O2S2/c1-6(10(13)17)14(2)18(15,16)9-5-7(12)3-4-8(9)11/h3-6H,1-2H3,(H2,13,17). The van der Waals surface area contributed by atoms with Crippen molar-refractivity contribution in [2.45, 2.75) is 17.9 Å². The summed E-state index contributed by atoms with van der Waals surface area (Å²) in [6, 6.07) is 2.44. The van der Waals surface area contributed by atoms with Crippen LogP contribution in [-0.2, 0) is 10.0 Å². The lowest BCUT2D eigenvalue weighted by atomic mass is 10.3. The van der Waals surface area contributed by atoms with Crippen molar-refractivity contribution in [3.63, 3.8) is 0 Å². The Balaban J connectivity index is 3.29. The zero-order chi connectivity index (χ0) is 14.1. The van der Waals surface area contributed by atoms with Crippen LogP contribution >= 0.6 is 23.8 Å². The molecule has 0 aromatic heterocycles. The Morgan fingerprint density at radius 2 is 2.11 bits per heavy atom. The van der Waals surface area contributed by atoms with Gasteiger partial charge in [-0.05, 0) is 25.1 Å². The fraction of sp³-hybridized carbons (Fsp3) is 0.300. The number of sulfonamides is 1. The molecule has 0 bridgehead atoms. The molecule has 0 saturated carbocycles. The minimum absolute atomic E-state index is 0.0219. The first-order valence-electron chi connectivity index (χ1n) is 4.90. The van der Waals surface area contributed by atoms with E-state index in [1.165, 1.54) is 20.0 Å². The summed E-state index contributed by atoms with van der Waals surface area (Å²) in [6.07, 6.45) is 0. The molecule has 2 N–H and O–H groups in total. The van der Waals surface area contributed by atoms with Gasteiger partial charge in [0.15, 0.2) is 0 Å². The van der Waals surface area contributed by atoms with Crippen molar-refractivity contribution in [1.82, 2.24) is 4.31 Å². The van der Waals surface area contributed by atoms with Crippen molar-refractivity contribution in [2.24, 2.45) is 5.73 Å². The third-order valence-electron chi connectivity index (χ3n) is 2.51. The summed E-state index contributed by atoms with van der Waals surface area (Å²) in [5.74, 6) is -0.686. The van der Waals surface area contributed by atoms with Crippen molar-refractivity contribution in [3.8, 4) is 0 Å². The van der Waals surface area contributed by atoms with E-state index in [0.29, 0.717) is 0 Å². The average Bonchev–Trinajstić information content (AvgIpc) is 2.29. The van der Waals surface area contributed by atoms with E-state index in [1.54, 1.807) is 0 Å². The van der Waals surface area contributed by atoms with Gasteiger partial charge in [-0.2, -0.15) is 4.31 Å². The van der Waals surface area contributed by atoms with E-state index in [0.717, 1.165) is 16.4 Å². The Labute approximate surface area is 116 Å². The Hall–Kier alpha value is -0.760. The molecule has 0 aliphatic carbocycles. The van der Waals surface area contributed by atoms with E-state index >= 15 is 0 Å². The van der Waals surface area contributed by atoms with Crippen LogP contribution in [0.1, 0.15) is 6.92 Å². The van der Waals surface area contributed by atoms with Crippen molar-refractivity contribution in [1.29, 1.82) is 0 Å². The SMILES string of the molecule is CC(C(N)=S)N(C)S(=O)(=O)c1cc(F)ccc1Cl. The van der Waals surface area contributed by atoms with Gasteiger partial charge in [-0.3, -0.25) is 0 Å². The summed E-state index contributed by atoms with van der Waals surface area (Å²) >= 11 is 10.5. The van der Waals surface area contributed by atoms with Crippen LogP contribution < -0.4 is 5.73 Å². The quantitative estimate of drug-likeness (QED) is 0.861. The normalized spacial score (nSPS) is 13.6. The van der Waals surface area contributed by atoms with Gasteiger partial charge in [0, 0.05) is 7.05 Å². The van der Waals surface area contributed by atoms with Crippen molar-refractivity contribution >= 4 is 38.8 Å². The molecule has 0 aliphatic rings. The maximum absolute atomic E-state index is 13.1. The van der Waals surface area contributed by atoms with E-state index in [9.17, 15) is 12.8 Å². The molecule has 18 heavy (non-hydrogen) atoms. The van der Waals surface area contributed by atoms with Gasteiger partial charge in [-0.25, -0.2) is 12.8 Å². The summed E-state index contributed by atoms with van der Waals surface area (Å²) in [7, 11) is -2.64. The first-order chi connectivity index (χ1) is 8.17. The highest BCUT2D eigenvalue weighted by Crippen LogP contribution is 2.25. The van der Waals surface area contributed by atoms with Crippen LogP contribution in [0.25, 0.3) is 0 Å². The molecule has 0 spiro atoms. The van der Waals surface area contributed by atoms with E-state index in [4.69, 9.17) is 29.6 Å². The molecular formula is C10H12ClFN2O2S2. The van der Waals surface area contributed by atoms with E-state index in [2.05, 4.69) is 0 Å². The van der Waals surface area contributed by atoms with E-state index < -0.39 is 21.9 Å². The second kappa shape index (κ2) is 5.48. The third kappa shape index (κ3) is 2.97. The molecule has 0 aliphatic heterocycles. The van der Waals surface area contributed by atoms with Gasteiger partial charge in [0.25, 0.3) is 0 Å². The molecule has 100 valence electrons. The van der Waals surface area contributed by atoms with Crippen LogP contribution in [-0.4, -0.2) is 30.8 Å². The second-order valence-electron chi connectivity index (χ2n) is 3.67. The summed E-state index contributed by atoms with van der Waals surface area (Å²) < 4.78 is 38.5. The molecule has 0 amide bonds. The zero-order valence-corrected chi connectivity index (χ0v) is 12.1. The molecule has 0 fully saturated rings. The lowest BCUT2D eigenvalue weighted by Gasteiger charge is -2.23. The molecule has 4 nitrogen and oxygen atoms in total. The molecule has 8 heteroatoms. The summed E-state index contributed by atoms with van der Waals surface area (Å²) in [4.78, 5) is -0.289. The first-order valence-corrected chi connectivity index (χ1v) is 7.13. The van der Waals surface area contributed by atoms with Crippen LogP contribution in [0.4, 0.5) is 4.39 Å². The highest BCUT2D eigenvalue weighted by Gasteiger charge is 2.29. The van der Waals surface area contributed by atoms with Crippen LogP contribution in [0.15, 0.2) is 23.1 Å².